The fourth-order valence-corrected chi connectivity index (χ4v) is 5.77. The first-order valence-corrected chi connectivity index (χ1v) is 11.5. The number of hydrogen-bond acceptors (Lipinski definition) is 6. The number of carbonyl (C=O) groups is 1. The number of fused-ring (bicyclic) bond motifs is 2. The highest BCUT2D eigenvalue weighted by Crippen LogP contribution is 2.34. The molecule has 0 radical (unpaired) electrons. The Bertz CT molecular complexity index is 1340. The molecule has 0 atom stereocenters. The number of sulfonamides is 1. The van der Waals surface area contributed by atoms with Gasteiger partial charge in [-0.1, -0.05) is 24.3 Å². The topological polar surface area (TPSA) is 113 Å². The Labute approximate surface area is 178 Å². The lowest BCUT2D eigenvalue weighted by Crippen LogP contribution is -2.62. The van der Waals surface area contributed by atoms with E-state index in [-0.39, 0.29) is 22.9 Å². The lowest BCUT2D eigenvalue weighted by Gasteiger charge is -2.45. The number of piperidine rings is 1. The Morgan fingerprint density at radius 3 is 2.58 bits per heavy atom. The van der Waals surface area contributed by atoms with Crippen LogP contribution < -0.4 is 15.6 Å². The molecule has 10 heteroatoms. The van der Waals surface area contributed by atoms with Crippen molar-refractivity contribution >= 4 is 32.5 Å². The van der Waals surface area contributed by atoms with Crippen molar-refractivity contribution < 1.29 is 13.2 Å². The molecule has 31 heavy (non-hydrogen) atoms. The average molecular weight is 439 g/mol. The zero-order valence-corrected chi connectivity index (χ0v) is 17.4. The molecule has 2 aliphatic rings. The summed E-state index contributed by atoms with van der Waals surface area (Å²) in [6.07, 6.45) is 2.22. The highest BCUT2D eigenvalue weighted by molar-refractivity contribution is 7.89. The zero-order valence-electron chi connectivity index (χ0n) is 16.6. The number of aromatic nitrogens is 2. The molecule has 1 saturated heterocycles. The van der Waals surface area contributed by atoms with E-state index in [1.54, 1.807) is 53.4 Å². The second-order valence-corrected chi connectivity index (χ2v) is 9.54. The zero-order chi connectivity index (χ0) is 21.6. The summed E-state index contributed by atoms with van der Waals surface area (Å²) in [6.45, 7) is 0.629. The van der Waals surface area contributed by atoms with Crippen LogP contribution in [0.5, 0.6) is 0 Å². The van der Waals surface area contributed by atoms with Crippen LogP contribution in [0.1, 0.15) is 12.8 Å². The van der Waals surface area contributed by atoms with Crippen LogP contribution in [0.15, 0.2) is 64.5 Å². The first kappa shape index (κ1) is 19.7. The quantitative estimate of drug-likeness (QED) is 0.619. The van der Waals surface area contributed by atoms with E-state index in [4.69, 9.17) is 0 Å². The Morgan fingerprint density at radius 1 is 1.06 bits per heavy atom. The van der Waals surface area contributed by atoms with Gasteiger partial charge in [0.15, 0.2) is 0 Å². The molecule has 160 valence electrons. The number of amides is 1. The van der Waals surface area contributed by atoms with Crippen molar-refractivity contribution in [3.8, 4) is 0 Å². The Morgan fingerprint density at radius 2 is 1.77 bits per heavy atom. The maximum absolute atomic E-state index is 12.8. The van der Waals surface area contributed by atoms with Gasteiger partial charge < -0.3 is 10.2 Å². The summed E-state index contributed by atoms with van der Waals surface area (Å²) in [5.41, 5.74) is 0.0679. The average Bonchev–Trinajstić information content (AvgIpc) is 2.76. The van der Waals surface area contributed by atoms with E-state index in [1.165, 1.54) is 10.9 Å². The van der Waals surface area contributed by atoms with Gasteiger partial charge in [0.05, 0.1) is 22.9 Å². The van der Waals surface area contributed by atoms with Crippen molar-refractivity contribution in [3.05, 3.63) is 65.2 Å². The summed E-state index contributed by atoms with van der Waals surface area (Å²) in [6, 6.07) is 13.8. The lowest BCUT2D eigenvalue weighted by molar-refractivity contribution is -0.133. The summed E-state index contributed by atoms with van der Waals surface area (Å²) in [5, 5.41) is 3.78. The maximum Gasteiger partial charge on any atom is 0.261 e. The number of nitrogens with zero attached hydrogens (tertiary/aromatic N) is 3. The van der Waals surface area contributed by atoms with Gasteiger partial charge in [0.2, 0.25) is 15.9 Å². The predicted molar refractivity (Wildman–Crippen MR) is 115 cm³/mol. The van der Waals surface area contributed by atoms with Crippen LogP contribution >= 0.6 is 0 Å². The Hall–Kier alpha value is -3.24. The van der Waals surface area contributed by atoms with Crippen molar-refractivity contribution in [2.24, 2.45) is 0 Å². The highest BCUT2D eigenvalue weighted by Gasteiger charge is 2.43. The van der Waals surface area contributed by atoms with E-state index < -0.39 is 15.7 Å². The van der Waals surface area contributed by atoms with Crippen molar-refractivity contribution in [1.82, 2.24) is 19.2 Å². The second-order valence-electron chi connectivity index (χ2n) is 7.88. The van der Waals surface area contributed by atoms with Crippen molar-refractivity contribution in [3.63, 3.8) is 0 Å². The molecule has 2 aliphatic heterocycles. The standard InChI is InChI=1S/C21H21N5O4S/c27-19(13-26-14-22-16-6-2-1-5-15(16)20(26)28)25-11-9-21(10-12-25)23-17-7-3-4-8-18(17)31(29,30)24-21/h1-8,14,23-24H,9-13H2. The molecule has 0 saturated carbocycles. The molecule has 1 spiro atoms. The second kappa shape index (κ2) is 7.17. The highest BCUT2D eigenvalue weighted by atomic mass is 32.2. The third kappa shape index (κ3) is 3.47. The largest absolute Gasteiger partial charge is 0.365 e. The van der Waals surface area contributed by atoms with Gasteiger partial charge in [0.1, 0.15) is 17.1 Å². The molecule has 3 aromatic rings. The number of likely N-dealkylation sites (tertiary alicyclic amines) is 1. The first-order valence-electron chi connectivity index (χ1n) is 10.0. The van der Waals surface area contributed by atoms with Crippen molar-refractivity contribution in [2.45, 2.75) is 29.9 Å². The fraction of sp³-hybridized carbons (Fsp3) is 0.286. The summed E-state index contributed by atoms with van der Waals surface area (Å²) >= 11 is 0. The molecular weight excluding hydrogens is 418 g/mol. The van der Waals surface area contributed by atoms with Crippen LogP contribution in [-0.2, 0) is 21.4 Å². The van der Waals surface area contributed by atoms with Gasteiger partial charge in [-0.3, -0.25) is 14.2 Å². The molecule has 5 rings (SSSR count). The summed E-state index contributed by atoms with van der Waals surface area (Å²) < 4.78 is 29.4. The van der Waals surface area contributed by atoms with Crippen molar-refractivity contribution in [1.29, 1.82) is 0 Å². The van der Waals surface area contributed by atoms with E-state index in [9.17, 15) is 18.0 Å². The van der Waals surface area contributed by atoms with Crippen LogP contribution in [0.3, 0.4) is 0 Å². The van der Waals surface area contributed by atoms with Gasteiger partial charge in [-0.15, -0.1) is 0 Å². The van der Waals surface area contributed by atoms with E-state index in [1.807, 2.05) is 0 Å². The molecule has 3 heterocycles. The summed E-state index contributed by atoms with van der Waals surface area (Å²) in [4.78, 5) is 31.6. The minimum absolute atomic E-state index is 0.105. The van der Waals surface area contributed by atoms with Crippen LogP contribution in [-0.4, -0.2) is 47.5 Å². The minimum atomic E-state index is -3.63. The summed E-state index contributed by atoms with van der Waals surface area (Å²) in [7, 11) is -3.63. The monoisotopic (exact) mass is 439 g/mol. The van der Waals surface area contributed by atoms with Crippen molar-refractivity contribution in [2.75, 3.05) is 18.4 Å². The van der Waals surface area contributed by atoms with Crippen LogP contribution in [0, 0.1) is 0 Å². The van der Waals surface area contributed by atoms with Gasteiger partial charge >= 0.3 is 0 Å². The first-order chi connectivity index (χ1) is 14.9. The molecule has 2 aromatic carbocycles. The molecule has 1 fully saturated rings. The SMILES string of the molecule is O=C(Cn1cnc2ccccc2c1=O)N1CCC2(CC1)Nc1ccccc1S(=O)(=O)N2. The van der Waals surface area contributed by atoms with Crippen LogP contribution in [0.4, 0.5) is 5.69 Å². The molecule has 1 aromatic heterocycles. The fourth-order valence-electron chi connectivity index (χ4n) is 4.23. The van der Waals surface area contributed by atoms with Gasteiger partial charge in [0, 0.05) is 25.9 Å². The maximum atomic E-state index is 12.8. The number of hydrogen-bond donors (Lipinski definition) is 2. The number of para-hydroxylation sites is 2. The minimum Gasteiger partial charge on any atom is -0.365 e. The molecule has 9 nitrogen and oxygen atoms in total. The third-order valence-electron chi connectivity index (χ3n) is 5.89. The molecule has 1 amide bonds. The van der Waals surface area contributed by atoms with Gasteiger partial charge in [-0.05, 0) is 24.3 Å². The molecular formula is C21H21N5O4S. The Kier molecular flexibility index (Phi) is 4.56. The predicted octanol–water partition coefficient (Wildman–Crippen LogP) is 1.12. The number of nitrogens with one attached hydrogen (secondary N) is 2. The van der Waals surface area contributed by atoms with Gasteiger partial charge in [0.25, 0.3) is 5.56 Å². The third-order valence-corrected chi connectivity index (χ3v) is 7.48. The van der Waals surface area contributed by atoms with E-state index in [2.05, 4.69) is 15.0 Å². The van der Waals surface area contributed by atoms with Crippen LogP contribution in [0.25, 0.3) is 10.9 Å². The number of benzene rings is 2. The van der Waals surface area contributed by atoms with Crippen LogP contribution in [0.2, 0.25) is 0 Å². The smallest absolute Gasteiger partial charge is 0.261 e. The molecule has 0 aliphatic carbocycles. The molecule has 0 bridgehead atoms. The van der Waals surface area contributed by atoms with E-state index in [0.29, 0.717) is 42.5 Å². The molecule has 0 unspecified atom stereocenters. The van der Waals surface area contributed by atoms with Gasteiger partial charge in [-0.25, -0.2) is 13.4 Å². The normalized spacial score (nSPS) is 19.0. The van der Waals surface area contributed by atoms with Gasteiger partial charge in [-0.2, -0.15) is 4.72 Å². The number of rotatable bonds is 2. The number of carbonyl (C=O) groups excluding carboxylic acids is 1. The summed E-state index contributed by atoms with van der Waals surface area (Å²) in [5.74, 6) is -0.201. The Balaban J connectivity index is 1.31. The van der Waals surface area contributed by atoms with E-state index >= 15 is 0 Å². The van der Waals surface area contributed by atoms with E-state index in [0.717, 1.165) is 0 Å². The number of anilines is 1. The molecule has 2 N–H and O–H groups in total. The lowest BCUT2D eigenvalue weighted by atomic mass is 9.97.